The maximum atomic E-state index is 13.7. The summed E-state index contributed by atoms with van der Waals surface area (Å²) >= 11 is 1.73. The standard InChI is InChI=1S/C34H38N2O4S/c1-23-7-6-8-25(19-23)22-36-29-9-4-5-10-31(29)41-32(34(36)38)20-24-11-13-26(14-12-24)33(37)35-18-17-27-21-28(39-2)15-16-30(27)40-3/h6-8,11-16,19-21,29,31H,4-5,9-10,17-18,22H2,1-3H3,(H,35,37)/b32-20+. The topological polar surface area (TPSA) is 67.9 Å². The highest BCUT2D eigenvalue weighted by Gasteiger charge is 2.40. The summed E-state index contributed by atoms with van der Waals surface area (Å²) in [6.45, 7) is 3.20. The van der Waals surface area contributed by atoms with E-state index in [1.165, 1.54) is 24.0 Å². The van der Waals surface area contributed by atoms with Gasteiger partial charge in [-0.05, 0) is 79.3 Å². The minimum Gasteiger partial charge on any atom is -0.497 e. The highest BCUT2D eigenvalue weighted by atomic mass is 32.2. The molecule has 7 heteroatoms. The van der Waals surface area contributed by atoms with E-state index in [1.54, 1.807) is 26.0 Å². The normalized spacial score (nSPS) is 19.5. The lowest BCUT2D eigenvalue weighted by molar-refractivity contribution is -0.130. The molecule has 1 aliphatic heterocycles. The Hall–Kier alpha value is -3.71. The molecule has 3 aromatic carbocycles. The van der Waals surface area contributed by atoms with Gasteiger partial charge in [0.2, 0.25) is 0 Å². The molecule has 0 spiro atoms. The van der Waals surface area contributed by atoms with Crippen LogP contribution < -0.4 is 14.8 Å². The zero-order chi connectivity index (χ0) is 28.8. The largest absolute Gasteiger partial charge is 0.497 e. The molecule has 2 unspecified atom stereocenters. The number of thioether (sulfide) groups is 1. The summed E-state index contributed by atoms with van der Waals surface area (Å²) in [5.41, 5.74) is 4.86. The summed E-state index contributed by atoms with van der Waals surface area (Å²) in [6, 6.07) is 21.8. The molecule has 6 nitrogen and oxygen atoms in total. The van der Waals surface area contributed by atoms with Gasteiger partial charge in [-0.2, -0.15) is 0 Å². The number of carbonyl (C=O) groups excluding carboxylic acids is 2. The lowest BCUT2D eigenvalue weighted by Crippen LogP contribution is -2.50. The average molecular weight is 571 g/mol. The summed E-state index contributed by atoms with van der Waals surface area (Å²) in [4.78, 5) is 29.4. The van der Waals surface area contributed by atoms with Gasteiger partial charge in [0.25, 0.3) is 11.8 Å². The van der Waals surface area contributed by atoms with E-state index in [2.05, 4.69) is 41.4 Å². The molecule has 0 radical (unpaired) electrons. The molecule has 2 amide bonds. The molecule has 1 saturated heterocycles. The monoisotopic (exact) mass is 570 g/mol. The van der Waals surface area contributed by atoms with E-state index in [1.807, 2.05) is 48.5 Å². The minimum absolute atomic E-state index is 0.106. The Balaban J connectivity index is 1.25. The molecular weight excluding hydrogens is 532 g/mol. The van der Waals surface area contributed by atoms with Crippen molar-refractivity contribution in [3.05, 3.63) is 99.5 Å². The van der Waals surface area contributed by atoms with E-state index in [0.717, 1.165) is 40.4 Å². The Morgan fingerprint density at radius 1 is 1.02 bits per heavy atom. The predicted molar refractivity (Wildman–Crippen MR) is 165 cm³/mol. The summed E-state index contributed by atoms with van der Waals surface area (Å²) in [7, 11) is 3.26. The number of ether oxygens (including phenoxy) is 2. The zero-order valence-corrected chi connectivity index (χ0v) is 24.8. The highest BCUT2D eigenvalue weighted by Crippen LogP contribution is 2.42. The van der Waals surface area contributed by atoms with Crippen molar-refractivity contribution < 1.29 is 19.1 Å². The maximum absolute atomic E-state index is 13.7. The Morgan fingerprint density at radius 3 is 2.59 bits per heavy atom. The van der Waals surface area contributed by atoms with Gasteiger partial charge in [-0.1, -0.05) is 54.8 Å². The van der Waals surface area contributed by atoms with Gasteiger partial charge in [-0.15, -0.1) is 11.8 Å². The third-order valence-corrected chi connectivity index (χ3v) is 9.29. The maximum Gasteiger partial charge on any atom is 0.260 e. The fourth-order valence-corrected chi connectivity index (χ4v) is 7.21. The number of rotatable bonds is 9. The van der Waals surface area contributed by atoms with Crippen molar-refractivity contribution in [2.24, 2.45) is 0 Å². The van der Waals surface area contributed by atoms with Crippen molar-refractivity contribution in [3.63, 3.8) is 0 Å². The smallest absolute Gasteiger partial charge is 0.260 e. The van der Waals surface area contributed by atoms with E-state index in [9.17, 15) is 9.59 Å². The lowest BCUT2D eigenvalue weighted by atomic mass is 9.92. The zero-order valence-electron chi connectivity index (χ0n) is 24.0. The Morgan fingerprint density at radius 2 is 1.83 bits per heavy atom. The fourth-order valence-electron chi connectivity index (χ4n) is 5.74. The van der Waals surface area contributed by atoms with Gasteiger partial charge < -0.3 is 19.7 Å². The number of aryl methyl sites for hydroxylation is 1. The second-order valence-electron chi connectivity index (χ2n) is 10.7. The van der Waals surface area contributed by atoms with Gasteiger partial charge in [-0.25, -0.2) is 0 Å². The predicted octanol–water partition coefficient (Wildman–Crippen LogP) is 6.41. The molecule has 2 fully saturated rings. The summed E-state index contributed by atoms with van der Waals surface area (Å²) in [6.07, 6.45) is 7.19. The number of fused-ring (bicyclic) bond motifs is 1. The fraction of sp³-hybridized carbons (Fsp3) is 0.353. The number of hydrogen-bond donors (Lipinski definition) is 1. The molecule has 0 aromatic heterocycles. The van der Waals surface area contributed by atoms with Crippen LogP contribution in [-0.2, 0) is 17.8 Å². The van der Waals surface area contributed by atoms with Crippen LogP contribution in [-0.4, -0.2) is 48.8 Å². The third-order valence-electron chi connectivity index (χ3n) is 7.89. The van der Waals surface area contributed by atoms with Crippen molar-refractivity contribution in [2.75, 3.05) is 20.8 Å². The Kier molecular flexibility index (Phi) is 9.35. The molecule has 1 N–H and O–H groups in total. The van der Waals surface area contributed by atoms with E-state index in [-0.39, 0.29) is 17.9 Å². The Bertz CT molecular complexity index is 1420. The van der Waals surface area contributed by atoms with Gasteiger partial charge in [0, 0.05) is 29.9 Å². The van der Waals surface area contributed by atoms with Gasteiger partial charge >= 0.3 is 0 Å². The van der Waals surface area contributed by atoms with E-state index in [4.69, 9.17) is 9.47 Å². The van der Waals surface area contributed by atoms with Crippen LogP contribution in [0.2, 0.25) is 0 Å². The van der Waals surface area contributed by atoms with Crippen LogP contribution in [0.3, 0.4) is 0 Å². The molecule has 0 bridgehead atoms. The number of hydrogen-bond acceptors (Lipinski definition) is 5. The van der Waals surface area contributed by atoms with E-state index in [0.29, 0.717) is 30.3 Å². The number of nitrogens with zero attached hydrogens (tertiary/aromatic N) is 1. The molecule has 5 rings (SSSR count). The number of carbonyl (C=O) groups is 2. The quantitative estimate of drug-likeness (QED) is 0.301. The summed E-state index contributed by atoms with van der Waals surface area (Å²) < 4.78 is 10.8. The molecule has 2 atom stereocenters. The molecule has 214 valence electrons. The van der Waals surface area contributed by atoms with Crippen LogP contribution >= 0.6 is 11.8 Å². The first-order valence-corrected chi connectivity index (χ1v) is 15.2. The van der Waals surface area contributed by atoms with Crippen molar-refractivity contribution in [3.8, 4) is 11.5 Å². The Labute approximate surface area is 247 Å². The van der Waals surface area contributed by atoms with Crippen LogP contribution in [0.25, 0.3) is 6.08 Å². The summed E-state index contributed by atoms with van der Waals surface area (Å²) in [5.74, 6) is 1.49. The second kappa shape index (κ2) is 13.3. The van der Waals surface area contributed by atoms with E-state index < -0.39 is 0 Å². The third kappa shape index (κ3) is 6.96. The van der Waals surface area contributed by atoms with Crippen molar-refractivity contribution in [2.45, 2.75) is 56.9 Å². The summed E-state index contributed by atoms with van der Waals surface area (Å²) in [5, 5.41) is 3.41. The van der Waals surface area contributed by atoms with Crippen LogP contribution in [0.15, 0.2) is 71.6 Å². The second-order valence-corrected chi connectivity index (χ2v) is 12.0. The molecule has 1 heterocycles. The SMILES string of the molecule is COc1ccc(OC)c(CCNC(=O)c2ccc(/C=C3/SC4CCCCC4N(Cc4cccc(C)c4)C3=O)cc2)c1. The molecule has 3 aromatic rings. The van der Waals surface area contributed by atoms with Crippen LogP contribution in [0.4, 0.5) is 0 Å². The van der Waals surface area contributed by atoms with Crippen LogP contribution in [0, 0.1) is 6.92 Å². The van der Waals surface area contributed by atoms with Gasteiger partial charge in [-0.3, -0.25) is 9.59 Å². The average Bonchev–Trinajstić information content (AvgIpc) is 2.99. The minimum atomic E-state index is -0.136. The number of amides is 2. The van der Waals surface area contributed by atoms with Crippen LogP contribution in [0.1, 0.15) is 58.3 Å². The first kappa shape index (κ1) is 28.8. The number of methoxy groups -OCH3 is 2. The molecule has 41 heavy (non-hydrogen) atoms. The molecular formula is C34H38N2O4S. The van der Waals surface area contributed by atoms with Gasteiger partial charge in [0.15, 0.2) is 0 Å². The van der Waals surface area contributed by atoms with Gasteiger partial charge in [0.1, 0.15) is 11.5 Å². The van der Waals surface area contributed by atoms with Crippen molar-refractivity contribution in [1.82, 2.24) is 10.2 Å². The van der Waals surface area contributed by atoms with Crippen LogP contribution in [0.5, 0.6) is 11.5 Å². The lowest BCUT2D eigenvalue weighted by Gasteiger charge is -2.44. The molecule has 2 aliphatic rings. The van der Waals surface area contributed by atoms with Gasteiger partial charge in [0.05, 0.1) is 19.1 Å². The van der Waals surface area contributed by atoms with E-state index >= 15 is 0 Å². The molecule has 1 aliphatic carbocycles. The van der Waals surface area contributed by atoms with Crippen molar-refractivity contribution in [1.29, 1.82) is 0 Å². The first-order chi connectivity index (χ1) is 19.9. The highest BCUT2D eigenvalue weighted by molar-refractivity contribution is 8.04. The van der Waals surface area contributed by atoms with Crippen molar-refractivity contribution >= 4 is 29.7 Å². The number of benzene rings is 3. The molecule has 1 saturated carbocycles. The first-order valence-electron chi connectivity index (χ1n) is 14.3. The number of nitrogens with one attached hydrogen (secondary N) is 1.